The highest BCUT2D eigenvalue weighted by Gasteiger charge is 2.05. The SMILES string of the molecule is CCOc1ccc(-c2nc3ccc(Cl)cc3[nH]2)cc1. The summed E-state index contributed by atoms with van der Waals surface area (Å²) in [6, 6.07) is 13.5. The lowest BCUT2D eigenvalue weighted by atomic mass is 10.2. The molecule has 96 valence electrons. The second kappa shape index (κ2) is 4.94. The van der Waals surface area contributed by atoms with E-state index in [-0.39, 0.29) is 0 Å². The van der Waals surface area contributed by atoms with Crippen molar-refractivity contribution in [2.24, 2.45) is 0 Å². The largest absolute Gasteiger partial charge is 0.494 e. The van der Waals surface area contributed by atoms with Crippen LogP contribution >= 0.6 is 11.6 Å². The number of fused-ring (bicyclic) bond motifs is 1. The van der Waals surface area contributed by atoms with E-state index in [1.165, 1.54) is 0 Å². The molecule has 0 amide bonds. The van der Waals surface area contributed by atoms with Gasteiger partial charge in [-0.2, -0.15) is 0 Å². The second-order valence-corrected chi connectivity index (χ2v) is 4.64. The van der Waals surface area contributed by atoms with Gasteiger partial charge in [0.25, 0.3) is 0 Å². The normalized spacial score (nSPS) is 10.8. The van der Waals surface area contributed by atoms with Crippen molar-refractivity contribution in [3.8, 4) is 17.1 Å². The van der Waals surface area contributed by atoms with Crippen molar-refractivity contribution in [3.63, 3.8) is 0 Å². The fourth-order valence-electron chi connectivity index (χ4n) is 1.99. The number of rotatable bonds is 3. The monoisotopic (exact) mass is 272 g/mol. The number of halogens is 1. The van der Waals surface area contributed by atoms with Crippen molar-refractivity contribution in [2.45, 2.75) is 6.92 Å². The number of H-pyrrole nitrogens is 1. The molecule has 3 nitrogen and oxygen atoms in total. The fraction of sp³-hybridized carbons (Fsp3) is 0.133. The van der Waals surface area contributed by atoms with Crippen LogP contribution in [0.2, 0.25) is 5.02 Å². The van der Waals surface area contributed by atoms with Gasteiger partial charge < -0.3 is 9.72 Å². The van der Waals surface area contributed by atoms with E-state index in [0.717, 1.165) is 28.2 Å². The average molecular weight is 273 g/mol. The van der Waals surface area contributed by atoms with Crippen LogP contribution in [0.15, 0.2) is 42.5 Å². The molecule has 1 aromatic heterocycles. The van der Waals surface area contributed by atoms with Gasteiger partial charge in [0.05, 0.1) is 17.6 Å². The van der Waals surface area contributed by atoms with E-state index in [2.05, 4.69) is 9.97 Å². The van der Waals surface area contributed by atoms with Crippen LogP contribution in [0.4, 0.5) is 0 Å². The van der Waals surface area contributed by atoms with Gasteiger partial charge >= 0.3 is 0 Å². The van der Waals surface area contributed by atoms with Gasteiger partial charge in [0.2, 0.25) is 0 Å². The van der Waals surface area contributed by atoms with E-state index < -0.39 is 0 Å². The number of hydrogen-bond acceptors (Lipinski definition) is 2. The first-order chi connectivity index (χ1) is 9.26. The van der Waals surface area contributed by atoms with Crippen LogP contribution in [0, 0.1) is 0 Å². The van der Waals surface area contributed by atoms with E-state index in [9.17, 15) is 0 Å². The van der Waals surface area contributed by atoms with Gasteiger partial charge in [0.15, 0.2) is 0 Å². The molecule has 3 rings (SSSR count). The minimum Gasteiger partial charge on any atom is -0.494 e. The van der Waals surface area contributed by atoms with Gasteiger partial charge in [-0.05, 0) is 49.4 Å². The minimum absolute atomic E-state index is 0.669. The maximum atomic E-state index is 5.97. The Bertz CT molecular complexity index is 704. The molecule has 0 radical (unpaired) electrons. The Hall–Kier alpha value is -2.00. The molecule has 1 heterocycles. The summed E-state index contributed by atoms with van der Waals surface area (Å²) in [6.45, 7) is 2.64. The summed E-state index contributed by atoms with van der Waals surface area (Å²) >= 11 is 5.97. The summed E-state index contributed by atoms with van der Waals surface area (Å²) in [5.41, 5.74) is 2.88. The number of benzene rings is 2. The van der Waals surface area contributed by atoms with Crippen molar-refractivity contribution in [1.29, 1.82) is 0 Å². The van der Waals surface area contributed by atoms with Crippen LogP contribution in [0.1, 0.15) is 6.92 Å². The lowest BCUT2D eigenvalue weighted by Gasteiger charge is -2.02. The number of ether oxygens (including phenoxy) is 1. The highest BCUT2D eigenvalue weighted by molar-refractivity contribution is 6.31. The third-order valence-electron chi connectivity index (χ3n) is 2.88. The van der Waals surface area contributed by atoms with E-state index in [4.69, 9.17) is 16.3 Å². The highest BCUT2D eigenvalue weighted by atomic mass is 35.5. The van der Waals surface area contributed by atoms with Gasteiger partial charge in [-0.1, -0.05) is 11.6 Å². The lowest BCUT2D eigenvalue weighted by molar-refractivity contribution is 0.340. The molecule has 0 aliphatic carbocycles. The van der Waals surface area contributed by atoms with Crippen molar-refractivity contribution in [3.05, 3.63) is 47.5 Å². The quantitative estimate of drug-likeness (QED) is 0.773. The maximum absolute atomic E-state index is 5.97. The zero-order valence-electron chi connectivity index (χ0n) is 10.5. The van der Waals surface area contributed by atoms with Crippen LogP contribution in [0.5, 0.6) is 5.75 Å². The summed E-state index contributed by atoms with van der Waals surface area (Å²) in [5.74, 6) is 1.70. The van der Waals surface area contributed by atoms with Crippen LogP contribution in [0.25, 0.3) is 22.4 Å². The first-order valence-corrected chi connectivity index (χ1v) is 6.52. The maximum Gasteiger partial charge on any atom is 0.138 e. The Morgan fingerprint density at radius 1 is 1.16 bits per heavy atom. The second-order valence-electron chi connectivity index (χ2n) is 4.20. The van der Waals surface area contributed by atoms with E-state index >= 15 is 0 Å². The molecule has 0 spiro atoms. The highest BCUT2D eigenvalue weighted by Crippen LogP contribution is 2.24. The minimum atomic E-state index is 0.669. The van der Waals surface area contributed by atoms with Gasteiger partial charge in [0.1, 0.15) is 11.6 Å². The zero-order valence-corrected chi connectivity index (χ0v) is 11.2. The average Bonchev–Trinajstić information content (AvgIpc) is 2.83. The van der Waals surface area contributed by atoms with Crippen LogP contribution < -0.4 is 4.74 Å². The molecule has 0 aliphatic heterocycles. The first-order valence-electron chi connectivity index (χ1n) is 6.15. The molecule has 0 atom stereocenters. The summed E-state index contributed by atoms with van der Waals surface area (Å²) in [4.78, 5) is 7.81. The summed E-state index contributed by atoms with van der Waals surface area (Å²) in [7, 11) is 0. The smallest absolute Gasteiger partial charge is 0.138 e. The predicted octanol–water partition coefficient (Wildman–Crippen LogP) is 4.28. The molecular formula is C15H13ClN2O. The van der Waals surface area contributed by atoms with Gasteiger partial charge in [-0.15, -0.1) is 0 Å². The Kier molecular flexibility index (Phi) is 3.13. The molecule has 0 saturated carbocycles. The zero-order chi connectivity index (χ0) is 13.2. The van der Waals surface area contributed by atoms with E-state index in [0.29, 0.717) is 11.6 Å². The van der Waals surface area contributed by atoms with Crippen molar-refractivity contribution in [1.82, 2.24) is 9.97 Å². The van der Waals surface area contributed by atoms with Crippen molar-refractivity contribution < 1.29 is 4.74 Å². The molecule has 3 aromatic rings. The van der Waals surface area contributed by atoms with Crippen LogP contribution in [-0.2, 0) is 0 Å². The fourth-order valence-corrected chi connectivity index (χ4v) is 2.17. The number of nitrogens with zero attached hydrogens (tertiary/aromatic N) is 1. The third-order valence-corrected chi connectivity index (χ3v) is 3.12. The van der Waals surface area contributed by atoms with Gasteiger partial charge in [-0.3, -0.25) is 0 Å². The molecule has 19 heavy (non-hydrogen) atoms. The molecule has 2 aromatic carbocycles. The Balaban J connectivity index is 1.99. The van der Waals surface area contributed by atoms with Crippen LogP contribution in [-0.4, -0.2) is 16.6 Å². The molecule has 0 fully saturated rings. The first kappa shape index (κ1) is 12.1. The summed E-state index contributed by atoms with van der Waals surface area (Å²) < 4.78 is 5.42. The Morgan fingerprint density at radius 2 is 1.95 bits per heavy atom. The molecule has 0 bridgehead atoms. The van der Waals surface area contributed by atoms with E-state index in [1.54, 1.807) is 0 Å². The number of hydrogen-bond donors (Lipinski definition) is 1. The van der Waals surface area contributed by atoms with Crippen molar-refractivity contribution >= 4 is 22.6 Å². The topological polar surface area (TPSA) is 37.9 Å². The number of aromatic nitrogens is 2. The van der Waals surface area contributed by atoms with Gasteiger partial charge in [0, 0.05) is 10.6 Å². The molecule has 0 saturated heterocycles. The number of nitrogens with one attached hydrogen (secondary N) is 1. The van der Waals surface area contributed by atoms with Gasteiger partial charge in [-0.25, -0.2) is 4.98 Å². The molecule has 0 unspecified atom stereocenters. The predicted molar refractivity (Wildman–Crippen MR) is 77.7 cm³/mol. The molecule has 1 N–H and O–H groups in total. The third kappa shape index (κ3) is 2.42. The molecular weight excluding hydrogens is 260 g/mol. The van der Waals surface area contributed by atoms with Crippen LogP contribution in [0.3, 0.4) is 0 Å². The molecule has 0 aliphatic rings. The lowest BCUT2D eigenvalue weighted by Crippen LogP contribution is -1.90. The summed E-state index contributed by atoms with van der Waals surface area (Å²) in [5, 5.41) is 0.703. The Labute approximate surface area is 116 Å². The Morgan fingerprint density at radius 3 is 2.68 bits per heavy atom. The van der Waals surface area contributed by atoms with E-state index in [1.807, 2.05) is 49.4 Å². The number of imidazole rings is 1. The van der Waals surface area contributed by atoms with Crippen molar-refractivity contribution in [2.75, 3.05) is 6.61 Å². The molecule has 4 heteroatoms. The number of aromatic amines is 1. The summed E-state index contributed by atoms with van der Waals surface area (Å²) in [6.07, 6.45) is 0. The standard InChI is InChI=1S/C15H13ClN2O/c1-2-19-12-6-3-10(4-7-12)15-17-13-8-5-11(16)9-14(13)18-15/h3-9H,2H2,1H3,(H,17,18).